The largest absolute Gasteiger partial charge is 0.376 e. The van der Waals surface area contributed by atoms with Crippen LogP contribution in [0, 0.1) is 35.5 Å². The minimum absolute atomic E-state index is 0.172. The third-order valence-electron chi connectivity index (χ3n) is 7.77. The second-order valence-corrected chi connectivity index (χ2v) is 13.1. The van der Waals surface area contributed by atoms with Gasteiger partial charge in [-0.25, -0.2) is 0 Å². The maximum atomic E-state index is 14.5. The lowest BCUT2D eigenvalue weighted by molar-refractivity contribution is -0.0154. The summed E-state index contributed by atoms with van der Waals surface area (Å²) < 4.78 is 27.4. The van der Waals surface area contributed by atoms with Crippen molar-refractivity contribution in [2.75, 3.05) is 0 Å². The molecule has 1 unspecified atom stereocenters. The molecule has 0 bridgehead atoms. The van der Waals surface area contributed by atoms with Gasteiger partial charge >= 0.3 is 7.60 Å². The van der Waals surface area contributed by atoms with Gasteiger partial charge in [-0.15, -0.1) is 0 Å². The van der Waals surface area contributed by atoms with E-state index in [4.69, 9.17) is 9.05 Å². The number of pyridine rings is 1. The second kappa shape index (κ2) is 11.1. The molecular formula is C26H44NO4P. The van der Waals surface area contributed by atoms with Gasteiger partial charge in [0.1, 0.15) is 0 Å². The number of nitrogens with zero attached hydrogens (tertiary/aromatic N) is 1. The van der Waals surface area contributed by atoms with Crippen molar-refractivity contribution in [3.63, 3.8) is 0 Å². The Hall–Kier alpha value is -0.740. The van der Waals surface area contributed by atoms with Crippen molar-refractivity contribution in [1.29, 1.82) is 0 Å². The SMILES string of the molecule is CC(C)[C@H]1CC[C@@H](C)C[C@@H]1OP(=O)(O[C@@H]1C[C@@H](C)CC[C@@H]1C(C)C)[C@@H](O)c1cccnc1. The summed E-state index contributed by atoms with van der Waals surface area (Å²) in [6.07, 6.45) is 9.01. The molecule has 2 aliphatic rings. The lowest BCUT2D eigenvalue weighted by Crippen LogP contribution is -2.37. The molecule has 6 heteroatoms. The highest BCUT2D eigenvalue weighted by Gasteiger charge is 2.46. The van der Waals surface area contributed by atoms with E-state index in [1.165, 1.54) is 0 Å². The Kier molecular flexibility index (Phi) is 8.99. The van der Waals surface area contributed by atoms with E-state index in [1.54, 1.807) is 24.5 Å². The molecule has 0 saturated heterocycles. The van der Waals surface area contributed by atoms with Gasteiger partial charge < -0.3 is 14.2 Å². The summed E-state index contributed by atoms with van der Waals surface area (Å²) in [4.78, 5) is 4.13. The molecule has 0 amide bonds. The quantitative estimate of drug-likeness (QED) is 0.410. The number of aromatic nitrogens is 1. The maximum Gasteiger partial charge on any atom is 0.364 e. The Bertz CT molecular complexity index is 717. The Morgan fingerprint density at radius 1 is 0.938 bits per heavy atom. The second-order valence-electron chi connectivity index (χ2n) is 11.1. The first-order valence-electron chi connectivity index (χ1n) is 12.6. The maximum absolute atomic E-state index is 14.5. The molecule has 2 saturated carbocycles. The molecule has 0 spiro atoms. The number of aliphatic hydroxyl groups excluding tert-OH is 1. The minimum atomic E-state index is -3.86. The molecular weight excluding hydrogens is 421 g/mol. The first-order chi connectivity index (χ1) is 15.1. The normalized spacial score (nSPS) is 34.4. The van der Waals surface area contributed by atoms with E-state index in [2.05, 4.69) is 46.5 Å². The van der Waals surface area contributed by atoms with E-state index in [9.17, 15) is 9.67 Å². The van der Waals surface area contributed by atoms with Crippen molar-refractivity contribution in [1.82, 2.24) is 4.98 Å². The Morgan fingerprint density at radius 2 is 1.44 bits per heavy atom. The first-order valence-corrected chi connectivity index (χ1v) is 14.3. The average Bonchev–Trinajstić information content (AvgIpc) is 2.73. The molecule has 0 radical (unpaired) electrons. The van der Waals surface area contributed by atoms with Crippen LogP contribution in [-0.4, -0.2) is 22.3 Å². The van der Waals surface area contributed by atoms with Crippen LogP contribution in [0.25, 0.3) is 0 Å². The Balaban J connectivity index is 1.92. The van der Waals surface area contributed by atoms with Gasteiger partial charge in [0.25, 0.3) is 0 Å². The first kappa shape index (κ1) is 25.9. The fourth-order valence-corrected chi connectivity index (χ4v) is 7.74. The third kappa shape index (κ3) is 6.23. The molecule has 8 atom stereocenters. The molecule has 0 aromatic carbocycles. The van der Waals surface area contributed by atoms with E-state index < -0.39 is 13.4 Å². The predicted octanol–water partition coefficient (Wildman–Crippen LogP) is 7.22. The van der Waals surface area contributed by atoms with Gasteiger partial charge in [0.2, 0.25) is 0 Å². The van der Waals surface area contributed by atoms with Crippen LogP contribution in [0.15, 0.2) is 24.5 Å². The number of hydrogen-bond donors (Lipinski definition) is 1. The smallest absolute Gasteiger partial charge is 0.364 e. The summed E-state index contributed by atoms with van der Waals surface area (Å²) in [5.41, 5.74) is 0.491. The lowest BCUT2D eigenvalue weighted by atomic mass is 9.75. The van der Waals surface area contributed by atoms with E-state index in [0.29, 0.717) is 41.1 Å². The molecule has 1 N–H and O–H groups in total. The van der Waals surface area contributed by atoms with Crippen LogP contribution >= 0.6 is 7.60 Å². The van der Waals surface area contributed by atoms with Gasteiger partial charge in [0.05, 0.1) is 12.2 Å². The molecule has 2 aliphatic carbocycles. The molecule has 1 heterocycles. The fraction of sp³-hybridized carbons (Fsp3) is 0.808. The third-order valence-corrected chi connectivity index (χ3v) is 9.80. The van der Waals surface area contributed by atoms with E-state index >= 15 is 0 Å². The zero-order valence-corrected chi connectivity index (χ0v) is 21.7. The summed E-state index contributed by atoms with van der Waals surface area (Å²) in [6.45, 7) is 13.3. The van der Waals surface area contributed by atoms with Crippen LogP contribution in [0.1, 0.15) is 91.5 Å². The van der Waals surface area contributed by atoms with Crippen LogP contribution in [0.5, 0.6) is 0 Å². The summed E-state index contributed by atoms with van der Waals surface area (Å²) in [6, 6.07) is 3.51. The number of hydrogen-bond acceptors (Lipinski definition) is 5. The zero-order valence-electron chi connectivity index (χ0n) is 20.8. The van der Waals surface area contributed by atoms with Crippen LogP contribution in [-0.2, 0) is 13.6 Å². The van der Waals surface area contributed by atoms with Gasteiger partial charge in [-0.1, -0.05) is 60.5 Å². The van der Waals surface area contributed by atoms with E-state index in [-0.39, 0.29) is 12.2 Å². The topological polar surface area (TPSA) is 68.7 Å². The standard InChI is InChI=1S/C26H44NO4P/c1-17(2)22-11-9-19(5)14-24(22)30-32(29,26(28)21-8-7-13-27-16-21)31-25-15-20(6)10-12-23(25)18(3)4/h7-8,13,16-20,22-26,28H,9-12,14-15H2,1-6H3/t19-,20+,22-,23-,24+,25-,26-,32?/m1/s1. The van der Waals surface area contributed by atoms with Crippen molar-refractivity contribution in [2.45, 2.75) is 98.1 Å². The Morgan fingerprint density at radius 3 is 1.84 bits per heavy atom. The van der Waals surface area contributed by atoms with Gasteiger partial charge in [-0.2, -0.15) is 0 Å². The highest BCUT2D eigenvalue weighted by Crippen LogP contribution is 2.64. The van der Waals surface area contributed by atoms with Crippen molar-refractivity contribution in [3.05, 3.63) is 30.1 Å². The van der Waals surface area contributed by atoms with Crippen LogP contribution < -0.4 is 0 Å². The fourth-order valence-electron chi connectivity index (χ4n) is 5.70. The minimum Gasteiger partial charge on any atom is -0.376 e. The zero-order chi connectivity index (χ0) is 23.5. The summed E-state index contributed by atoms with van der Waals surface area (Å²) in [5, 5.41) is 11.3. The van der Waals surface area contributed by atoms with Crippen molar-refractivity contribution in [3.8, 4) is 0 Å². The molecule has 3 rings (SSSR count). The Labute approximate surface area is 195 Å². The van der Waals surface area contributed by atoms with Gasteiger partial charge in [-0.3, -0.25) is 9.55 Å². The molecule has 2 fully saturated rings. The lowest BCUT2D eigenvalue weighted by Gasteiger charge is -2.42. The van der Waals surface area contributed by atoms with Crippen LogP contribution in [0.4, 0.5) is 0 Å². The molecule has 0 aliphatic heterocycles. The molecule has 1 aromatic rings. The number of rotatable bonds is 8. The number of aliphatic hydroxyl groups is 1. The highest BCUT2D eigenvalue weighted by atomic mass is 31.2. The van der Waals surface area contributed by atoms with Crippen LogP contribution in [0.3, 0.4) is 0 Å². The summed E-state index contributed by atoms with van der Waals surface area (Å²) in [5.74, 6) is 1.18. The van der Waals surface area contributed by atoms with Crippen molar-refractivity contribution >= 4 is 7.60 Å². The van der Waals surface area contributed by atoms with Gasteiger partial charge in [0, 0.05) is 18.0 Å². The van der Waals surface area contributed by atoms with Crippen LogP contribution in [0.2, 0.25) is 0 Å². The molecule has 1 aromatic heterocycles. The summed E-state index contributed by atoms with van der Waals surface area (Å²) >= 11 is 0. The van der Waals surface area contributed by atoms with Gasteiger partial charge in [0.15, 0.2) is 5.85 Å². The summed E-state index contributed by atoms with van der Waals surface area (Å²) in [7, 11) is -3.86. The highest BCUT2D eigenvalue weighted by molar-refractivity contribution is 7.54. The monoisotopic (exact) mass is 465 g/mol. The van der Waals surface area contributed by atoms with E-state index in [1.807, 2.05) is 0 Å². The van der Waals surface area contributed by atoms with Gasteiger partial charge in [-0.05, 0) is 67.3 Å². The van der Waals surface area contributed by atoms with E-state index in [0.717, 1.165) is 38.5 Å². The predicted molar refractivity (Wildman–Crippen MR) is 129 cm³/mol. The molecule has 32 heavy (non-hydrogen) atoms. The molecule has 5 nitrogen and oxygen atoms in total. The molecule has 182 valence electrons. The average molecular weight is 466 g/mol. The van der Waals surface area contributed by atoms with Crippen molar-refractivity contribution in [2.24, 2.45) is 35.5 Å². The van der Waals surface area contributed by atoms with Crippen molar-refractivity contribution < 1.29 is 18.7 Å².